The summed E-state index contributed by atoms with van der Waals surface area (Å²) in [5.41, 5.74) is 1.07. The van der Waals surface area contributed by atoms with Crippen molar-refractivity contribution in [1.29, 1.82) is 0 Å². The predicted octanol–water partition coefficient (Wildman–Crippen LogP) is 3.79. The molecule has 0 spiro atoms. The molecule has 0 fully saturated rings. The van der Waals surface area contributed by atoms with E-state index in [0.717, 1.165) is 23.2 Å². The summed E-state index contributed by atoms with van der Waals surface area (Å²) in [7, 11) is 0. The number of hydrogen-bond donors (Lipinski definition) is 1. The molecular weight excluding hydrogens is 293 g/mol. The highest BCUT2D eigenvalue weighted by Gasteiger charge is 2.30. The van der Waals surface area contributed by atoms with Gasteiger partial charge in [-0.2, -0.15) is 13.2 Å². The first kappa shape index (κ1) is 14.6. The van der Waals surface area contributed by atoms with Gasteiger partial charge in [-0.05, 0) is 29.8 Å². The fourth-order valence-corrected chi connectivity index (χ4v) is 2.37. The minimum absolute atomic E-state index is 0.141. The van der Waals surface area contributed by atoms with Crippen molar-refractivity contribution in [3.8, 4) is 0 Å². The second-order valence-electron chi connectivity index (χ2n) is 5.02. The van der Waals surface area contributed by atoms with Crippen LogP contribution in [0.25, 0.3) is 11.0 Å². The van der Waals surface area contributed by atoms with E-state index in [0.29, 0.717) is 0 Å². The number of benzene rings is 2. The highest BCUT2D eigenvalue weighted by atomic mass is 19.4. The van der Waals surface area contributed by atoms with Gasteiger partial charge in [0, 0.05) is 0 Å². The van der Waals surface area contributed by atoms with Crippen molar-refractivity contribution in [3.63, 3.8) is 0 Å². The average molecular weight is 306 g/mol. The molecule has 1 unspecified atom stereocenters. The molecule has 3 nitrogen and oxygen atoms in total. The van der Waals surface area contributed by atoms with Crippen LogP contribution in [0.15, 0.2) is 54.9 Å². The van der Waals surface area contributed by atoms with Crippen molar-refractivity contribution in [2.45, 2.75) is 18.8 Å². The normalized spacial score (nSPS) is 13.5. The van der Waals surface area contributed by atoms with Gasteiger partial charge in [0.25, 0.3) is 0 Å². The van der Waals surface area contributed by atoms with Gasteiger partial charge in [-0.15, -0.1) is 0 Å². The largest absolute Gasteiger partial charge is 0.416 e. The van der Waals surface area contributed by atoms with Gasteiger partial charge in [-0.1, -0.05) is 24.3 Å². The molecule has 0 saturated heterocycles. The number of halogens is 3. The average Bonchev–Trinajstić information content (AvgIpc) is 2.90. The molecule has 1 atom stereocenters. The van der Waals surface area contributed by atoms with E-state index in [4.69, 9.17) is 0 Å². The van der Waals surface area contributed by atoms with Gasteiger partial charge in [0.05, 0.1) is 35.6 Å². The predicted molar refractivity (Wildman–Crippen MR) is 76.1 cm³/mol. The summed E-state index contributed by atoms with van der Waals surface area (Å²) < 4.78 is 39.9. The van der Waals surface area contributed by atoms with E-state index >= 15 is 0 Å². The summed E-state index contributed by atoms with van der Waals surface area (Å²) in [6.45, 7) is 0.141. The number of alkyl halides is 3. The second-order valence-corrected chi connectivity index (χ2v) is 5.02. The van der Waals surface area contributed by atoms with E-state index in [1.807, 2.05) is 24.3 Å². The standard InChI is InChI=1S/C16H13F3N2O/c17-16(18,19)12-5-3-4-11(8-12)15(22)9-21-10-20-13-6-1-2-7-14(13)21/h1-8,10,15,22H,9H2. The van der Waals surface area contributed by atoms with Crippen molar-refractivity contribution in [2.24, 2.45) is 0 Å². The molecule has 0 aliphatic rings. The topological polar surface area (TPSA) is 38.0 Å². The summed E-state index contributed by atoms with van der Waals surface area (Å²) in [4.78, 5) is 4.19. The summed E-state index contributed by atoms with van der Waals surface area (Å²) in [6.07, 6.45) is -3.89. The number of rotatable bonds is 3. The zero-order chi connectivity index (χ0) is 15.7. The van der Waals surface area contributed by atoms with E-state index in [2.05, 4.69) is 4.98 Å². The molecule has 0 aliphatic carbocycles. The van der Waals surface area contributed by atoms with Crippen LogP contribution in [0.3, 0.4) is 0 Å². The van der Waals surface area contributed by atoms with Gasteiger partial charge in [0.1, 0.15) is 0 Å². The first-order valence-corrected chi connectivity index (χ1v) is 6.70. The highest BCUT2D eigenvalue weighted by molar-refractivity contribution is 5.74. The van der Waals surface area contributed by atoms with Crippen molar-refractivity contribution in [1.82, 2.24) is 9.55 Å². The van der Waals surface area contributed by atoms with Gasteiger partial charge in [0.2, 0.25) is 0 Å². The maximum absolute atomic E-state index is 12.7. The maximum atomic E-state index is 12.7. The lowest BCUT2D eigenvalue weighted by molar-refractivity contribution is -0.137. The molecule has 114 valence electrons. The zero-order valence-electron chi connectivity index (χ0n) is 11.5. The monoisotopic (exact) mass is 306 g/mol. The lowest BCUT2D eigenvalue weighted by Gasteiger charge is -2.14. The number of fused-ring (bicyclic) bond motifs is 1. The van der Waals surface area contributed by atoms with Crippen molar-refractivity contribution in [3.05, 3.63) is 66.0 Å². The molecule has 2 aromatic carbocycles. The van der Waals surface area contributed by atoms with E-state index in [1.165, 1.54) is 12.1 Å². The molecule has 0 bridgehead atoms. The minimum Gasteiger partial charge on any atom is -0.387 e. The Labute approximate surface area is 124 Å². The van der Waals surface area contributed by atoms with Crippen molar-refractivity contribution >= 4 is 11.0 Å². The van der Waals surface area contributed by atoms with Gasteiger partial charge in [-0.3, -0.25) is 0 Å². The smallest absolute Gasteiger partial charge is 0.387 e. The van der Waals surface area contributed by atoms with Crippen LogP contribution in [0.1, 0.15) is 17.2 Å². The van der Waals surface area contributed by atoms with E-state index < -0.39 is 17.8 Å². The number of aliphatic hydroxyl groups is 1. The second kappa shape index (κ2) is 5.46. The van der Waals surface area contributed by atoms with E-state index in [1.54, 1.807) is 10.9 Å². The third-order valence-electron chi connectivity index (χ3n) is 3.50. The summed E-state index contributed by atoms with van der Waals surface area (Å²) in [6, 6.07) is 12.1. The fraction of sp³-hybridized carbons (Fsp3) is 0.188. The molecule has 0 amide bonds. The molecule has 1 N–H and O–H groups in total. The number of aliphatic hydroxyl groups excluding tert-OH is 1. The van der Waals surface area contributed by atoms with Crippen LogP contribution in [-0.2, 0) is 12.7 Å². The third kappa shape index (κ3) is 2.82. The van der Waals surface area contributed by atoms with Crippen LogP contribution in [0, 0.1) is 0 Å². The van der Waals surface area contributed by atoms with Gasteiger partial charge in [-0.25, -0.2) is 4.98 Å². The first-order chi connectivity index (χ1) is 10.4. The lowest BCUT2D eigenvalue weighted by atomic mass is 10.1. The zero-order valence-corrected chi connectivity index (χ0v) is 11.5. The third-order valence-corrected chi connectivity index (χ3v) is 3.50. The maximum Gasteiger partial charge on any atom is 0.416 e. The van der Waals surface area contributed by atoms with E-state index in [9.17, 15) is 18.3 Å². The Kier molecular flexibility index (Phi) is 3.62. The van der Waals surface area contributed by atoms with Crippen molar-refractivity contribution in [2.75, 3.05) is 0 Å². The summed E-state index contributed by atoms with van der Waals surface area (Å²) in [5, 5.41) is 10.2. The van der Waals surface area contributed by atoms with Crippen LogP contribution >= 0.6 is 0 Å². The number of nitrogens with zero attached hydrogens (tertiary/aromatic N) is 2. The Morgan fingerprint density at radius 2 is 1.86 bits per heavy atom. The lowest BCUT2D eigenvalue weighted by Crippen LogP contribution is -2.10. The molecule has 0 aliphatic heterocycles. The van der Waals surface area contributed by atoms with Crippen LogP contribution in [0.4, 0.5) is 13.2 Å². The van der Waals surface area contributed by atoms with E-state index in [-0.39, 0.29) is 12.1 Å². The Balaban J connectivity index is 1.87. The number of para-hydroxylation sites is 2. The van der Waals surface area contributed by atoms with Crippen LogP contribution in [0.2, 0.25) is 0 Å². The number of imidazole rings is 1. The quantitative estimate of drug-likeness (QED) is 0.799. The Bertz CT molecular complexity index is 795. The molecule has 1 aromatic heterocycles. The van der Waals surface area contributed by atoms with Crippen LogP contribution in [0.5, 0.6) is 0 Å². The molecule has 3 rings (SSSR count). The van der Waals surface area contributed by atoms with Gasteiger partial charge >= 0.3 is 6.18 Å². The summed E-state index contributed by atoms with van der Waals surface area (Å²) in [5.74, 6) is 0. The fourth-order valence-electron chi connectivity index (χ4n) is 2.37. The van der Waals surface area contributed by atoms with Gasteiger partial charge < -0.3 is 9.67 Å². The SMILES string of the molecule is OC(Cn1cnc2ccccc21)c1cccc(C(F)(F)F)c1. The highest BCUT2D eigenvalue weighted by Crippen LogP contribution is 2.31. The molecular formula is C16H13F3N2O. The summed E-state index contributed by atoms with van der Waals surface area (Å²) >= 11 is 0. The van der Waals surface area contributed by atoms with Gasteiger partial charge in [0.15, 0.2) is 0 Å². The molecule has 0 radical (unpaired) electrons. The first-order valence-electron chi connectivity index (χ1n) is 6.70. The molecule has 22 heavy (non-hydrogen) atoms. The minimum atomic E-state index is -4.42. The molecule has 3 aromatic rings. The molecule has 1 heterocycles. The number of hydrogen-bond acceptors (Lipinski definition) is 2. The molecule has 0 saturated carbocycles. The Hall–Kier alpha value is -2.34. The Morgan fingerprint density at radius 1 is 1.09 bits per heavy atom. The Morgan fingerprint density at radius 3 is 2.64 bits per heavy atom. The number of aromatic nitrogens is 2. The van der Waals surface area contributed by atoms with Crippen LogP contribution < -0.4 is 0 Å². The van der Waals surface area contributed by atoms with Crippen LogP contribution in [-0.4, -0.2) is 14.7 Å². The van der Waals surface area contributed by atoms with Crippen molar-refractivity contribution < 1.29 is 18.3 Å². The molecule has 6 heteroatoms.